The van der Waals surface area contributed by atoms with Crippen LogP contribution in [-0.4, -0.2) is 51.9 Å². The summed E-state index contributed by atoms with van der Waals surface area (Å²) in [5, 5.41) is 6.87. The lowest BCUT2D eigenvalue weighted by Gasteiger charge is -2.38. The molecule has 3 amide bonds. The Kier molecular flexibility index (Phi) is 6.63. The van der Waals surface area contributed by atoms with Crippen molar-refractivity contribution in [2.45, 2.75) is 37.6 Å². The number of aromatic nitrogens is 1. The van der Waals surface area contributed by atoms with E-state index in [1.807, 2.05) is 36.4 Å². The Bertz CT molecular complexity index is 1080. The molecule has 1 fully saturated rings. The second kappa shape index (κ2) is 9.77. The number of pyridine rings is 1. The van der Waals surface area contributed by atoms with Gasteiger partial charge in [0.15, 0.2) is 0 Å². The number of hydrazone groups is 1. The van der Waals surface area contributed by atoms with E-state index < -0.39 is 5.54 Å². The summed E-state index contributed by atoms with van der Waals surface area (Å²) in [6.07, 6.45) is 7.25. The van der Waals surface area contributed by atoms with Crippen LogP contribution in [0.4, 0.5) is 0 Å². The van der Waals surface area contributed by atoms with Gasteiger partial charge in [-0.2, -0.15) is 5.10 Å². The summed E-state index contributed by atoms with van der Waals surface area (Å²) >= 11 is 0. The average molecular weight is 446 g/mol. The maximum absolute atomic E-state index is 13.4. The van der Waals surface area contributed by atoms with Crippen molar-refractivity contribution in [2.24, 2.45) is 5.10 Å². The fourth-order valence-corrected chi connectivity index (χ4v) is 4.49. The van der Waals surface area contributed by atoms with Crippen molar-refractivity contribution in [3.63, 3.8) is 0 Å². The highest BCUT2D eigenvalue weighted by Crippen LogP contribution is 2.34. The molecule has 2 N–H and O–H groups in total. The van der Waals surface area contributed by atoms with Crippen LogP contribution < -0.4 is 10.7 Å². The third-order valence-electron chi connectivity index (χ3n) is 6.18. The number of nitrogens with zero attached hydrogens (tertiary/aromatic N) is 3. The molecular weight excluding hydrogens is 418 g/mol. The predicted octanol–water partition coefficient (Wildman–Crippen LogP) is 2.22. The van der Waals surface area contributed by atoms with E-state index in [-0.39, 0.29) is 36.3 Å². The van der Waals surface area contributed by atoms with Crippen LogP contribution in [-0.2, 0) is 20.8 Å². The van der Waals surface area contributed by atoms with Gasteiger partial charge in [0.05, 0.1) is 0 Å². The van der Waals surface area contributed by atoms with Gasteiger partial charge in [0.1, 0.15) is 11.3 Å². The summed E-state index contributed by atoms with van der Waals surface area (Å²) in [7, 11) is 0. The second-order valence-electron chi connectivity index (χ2n) is 8.29. The highest BCUT2D eigenvalue weighted by Gasteiger charge is 2.50. The minimum atomic E-state index is -1.03. The zero-order chi connectivity index (χ0) is 23.3. The molecule has 0 aliphatic carbocycles. The standard InChI is InChI=1S/C25H27N5O3/c1-2-13-27-24(33)25(12-3-16-30(25)23(32)21-8-9-22(31)29-28-21)17-18-4-6-19(7-5-18)20-10-14-26-15-11-20/h2,4-7,10-11,14-15H,1,3,8-9,12-13,16-17H2,(H,27,33)(H,29,31). The van der Waals surface area contributed by atoms with Gasteiger partial charge in [-0.05, 0) is 41.7 Å². The number of rotatable bonds is 7. The minimum Gasteiger partial charge on any atom is -0.351 e. The first-order valence-corrected chi connectivity index (χ1v) is 11.1. The van der Waals surface area contributed by atoms with Gasteiger partial charge in [-0.1, -0.05) is 30.3 Å². The molecule has 4 rings (SSSR count). The highest BCUT2D eigenvalue weighted by atomic mass is 16.2. The van der Waals surface area contributed by atoms with Crippen molar-refractivity contribution in [3.8, 4) is 11.1 Å². The fraction of sp³-hybridized carbons (Fsp3) is 0.320. The van der Waals surface area contributed by atoms with Gasteiger partial charge in [-0.3, -0.25) is 19.4 Å². The first-order chi connectivity index (χ1) is 16.0. The SMILES string of the molecule is C=CCNC(=O)C1(Cc2ccc(-c3ccncc3)cc2)CCCN1C(=O)C1=NNC(=O)CC1. The number of nitrogens with one attached hydrogen (secondary N) is 2. The van der Waals surface area contributed by atoms with Gasteiger partial charge < -0.3 is 10.2 Å². The van der Waals surface area contributed by atoms with Crippen molar-refractivity contribution in [1.82, 2.24) is 20.6 Å². The molecule has 2 aromatic rings. The summed E-state index contributed by atoms with van der Waals surface area (Å²) in [4.78, 5) is 43.9. The summed E-state index contributed by atoms with van der Waals surface area (Å²) in [5.74, 6) is -0.709. The van der Waals surface area contributed by atoms with E-state index in [4.69, 9.17) is 0 Å². The number of carbonyl (C=O) groups is 3. The number of hydrogen-bond donors (Lipinski definition) is 2. The van der Waals surface area contributed by atoms with Crippen molar-refractivity contribution < 1.29 is 14.4 Å². The fourth-order valence-electron chi connectivity index (χ4n) is 4.49. The highest BCUT2D eigenvalue weighted by molar-refractivity contribution is 6.40. The molecule has 3 heterocycles. The van der Waals surface area contributed by atoms with Gasteiger partial charge in [-0.25, -0.2) is 5.43 Å². The molecule has 33 heavy (non-hydrogen) atoms. The van der Waals surface area contributed by atoms with E-state index in [0.717, 1.165) is 16.7 Å². The Labute approximate surface area is 192 Å². The van der Waals surface area contributed by atoms with Crippen LogP contribution in [0.3, 0.4) is 0 Å². The van der Waals surface area contributed by atoms with Crippen molar-refractivity contribution in [1.29, 1.82) is 0 Å². The molecule has 1 saturated heterocycles. The Morgan fingerprint density at radius 2 is 1.85 bits per heavy atom. The van der Waals surface area contributed by atoms with E-state index in [1.165, 1.54) is 0 Å². The molecule has 0 radical (unpaired) electrons. The number of likely N-dealkylation sites (tertiary alicyclic amines) is 1. The summed E-state index contributed by atoms with van der Waals surface area (Å²) in [6.45, 7) is 4.46. The number of hydrogen-bond acceptors (Lipinski definition) is 5. The zero-order valence-electron chi connectivity index (χ0n) is 18.4. The van der Waals surface area contributed by atoms with Gasteiger partial charge in [0, 0.05) is 44.7 Å². The van der Waals surface area contributed by atoms with E-state index in [9.17, 15) is 14.4 Å². The van der Waals surface area contributed by atoms with Crippen LogP contribution >= 0.6 is 0 Å². The molecule has 1 aromatic heterocycles. The third-order valence-corrected chi connectivity index (χ3v) is 6.18. The molecule has 1 unspecified atom stereocenters. The Hall–Kier alpha value is -3.81. The smallest absolute Gasteiger partial charge is 0.270 e. The van der Waals surface area contributed by atoms with Crippen LogP contribution in [0.1, 0.15) is 31.2 Å². The minimum absolute atomic E-state index is 0.202. The van der Waals surface area contributed by atoms with Crippen LogP contribution in [0, 0.1) is 0 Å². The van der Waals surface area contributed by atoms with E-state index in [2.05, 4.69) is 27.4 Å². The topological polar surface area (TPSA) is 104 Å². The quantitative estimate of drug-likeness (QED) is 0.638. The lowest BCUT2D eigenvalue weighted by molar-refractivity contribution is -0.141. The number of amides is 3. The molecule has 0 bridgehead atoms. The van der Waals surface area contributed by atoms with Crippen LogP contribution in [0.15, 0.2) is 66.5 Å². The van der Waals surface area contributed by atoms with E-state index >= 15 is 0 Å². The van der Waals surface area contributed by atoms with Crippen molar-refractivity contribution in [2.75, 3.05) is 13.1 Å². The Morgan fingerprint density at radius 1 is 1.12 bits per heavy atom. The molecule has 1 atom stereocenters. The molecule has 0 saturated carbocycles. The molecule has 0 spiro atoms. The predicted molar refractivity (Wildman–Crippen MR) is 125 cm³/mol. The van der Waals surface area contributed by atoms with Crippen molar-refractivity contribution >= 4 is 23.4 Å². The lowest BCUT2D eigenvalue weighted by atomic mass is 9.86. The van der Waals surface area contributed by atoms with Crippen molar-refractivity contribution in [3.05, 3.63) is 67.0 Å². The van der Waals surface area contributed by atoms with Gasteiger partial charge in [0.2, 0.25) is 11.8 Å². The average Bonchev–Trinajstić information content (AvgIpc) is 3.28. The van der Waals surface area contributed by atoms with Gasteiger partial charge in [0.25, 0.3) is 5.91 Å². The number of carbonyl (C=O) groups excluding carboxylic acids is 3. The summed E-state index contributed by atoms with van der Waals surface area (Å²) in [5.41, 5.74) is 4.71. The maximum atomic E-state index is 13.4. The Balaban J connectivity index is 1.62. The van der Waals surface area contributed by atoms with E-state index in [1.54, 1.807) is 23.4 Å². The van der Waals surface area contributed by atoms with Gasteiger partial charge >= 0.3 is 0 Å². The molecular formula is C25H27N5O3. The third kappa shape index (κ3) is 4.69. The molecule has 2 aliphatic heterocycles. The second-order valence-corrected chi connectivity index (χ2v) is 8.29. The largest absolute Gasteiger partial charge is 0.351 e. The first kappa shape index (κ1) is 22.4. The zero-order valence-corrected chi connectivity index (χ0v) is 18.4. The van der Waals surface area contributed by atoms with E-state index in [0.29, 0.717) is 32.4 Å². The molecule has 1 aromatic carbocycles. The monoisotopic (exact) mass is 445 g/mol. The van der Waals surface area contributed by atoms with Gasteiger partial charge in [-0.15, -0.1) is 6.58 Å². The normalized spacial score (nSPS) is 20.1. The Morgan fingerprint density at radius 3 is 2.52 bits per heavy atom. The summed E-state index contributed by atoms with van der Waals surface area (Å²) in [6, 6.07) is 11.9. The van der Waals surface area contributed by atoms with Crippen LogP contribution in [0.2, 0.25) is 0 Å². The number of benzene rings is 1. The molecule has 170 valence electrons. The first-order valence-electron chi connectivity index (χ1n) is 11.1. The van der Waals surface area contributed by atoms with Crippen LogP contribution in [0.25, 0.3) is 11.1 Å². The molecule has 8 nitrogen and oxygen atoms in total. The van der Waals surface area contributed by atoms with Crippen LogP contribution in [0.5, 0.6) is 0 Å². The molecule has 2 aliphatic rings. The molecule has 8 heteroatoms. The summed E-state index contributed by atoms with van der Waals surface area (Å²) < 4.78 is 0. The lowest BCUT2D eigenvalue weighted by Crippen LogP contribution is -2.60. The maximum Gasteiger partial charge on any atom is 0.270 e.